The average Bonchev–Trinajstić information content (AvgIpc) is 2.94. The van der Waals surface area contributed by atoms with Gasteiger partial charge in [-0.05, 0) is 19.8 Å². The molecule has 1 heterocycles. The molecule has 0 amide bonds. The summed E-state index contributed by atoms with van der Waals surface area (Å²) in [6.45, 7) is 4.29. The van der Waals surface area contributed by atoms with E-state index in [1.807, 2.05) is 50.4 Å². The molecule has 1 aromatic heterocycles. The molecule has 1 aromatic carbocycles. The van der Waals surface area contributed by atoms with Crippen LogP contribution in [-0.4, -0.2) is 17.6 Å². The molecular formula is C16H19NO2S. The Morgan fingerprint density at radius 3 is 2.70 bits per heavy atom. The number of aromatic nitrogens is 1. The van der Waals surface area contributed by atoms with Crippen LogP contribution in [0, 0.1) is 5.92 Å². The first-order valence-corrected chi connectivity index (χ1v) is 7.73. The third-order valence-corrected chi connectivity index (χ3v) is 4.20. The second kappa shape index (κ2) is 7.20. The number of nitrogens with zero attached hydrogens (tertiary/aromatic N) is 1. The van der Waals surface area contributed by atoms with Gasteiger partial charge < -0.3 is 4.74 Å². The highest BCUT2D eigenvalue weighted by molar-refractivity contribution is 7.15. The molecule has 0 saturated carbocycles. The van der Waals surface area contributed by atoms with Gasteiger partial charge in [0.05, 0.1) is 12.5 Å². The fraction of sp³-hybridized carbons (Fsp3) is 0.375. The van der Waals surface area contributed by atoms with E-state index in [0.29, 0.717) is 13.0 Å². The Balaban J connectivity index is 2.07. The minimum Gasteiger partial charge on any atom is -0.466 e. The van der Waals surface area contributed by atoms with Gasteiger partial charge in [-0.25, -0.2) is 4.98 Å². The van der Waals surface area contributed by atoms with Gasteiger partial charge in [-0.2, -0.15) is 0 Å². The van der Waals surface area contributed by atoms with Crippen molar-refractivity contribution in [2.75, 3.05) is 6.61 Å². The zero-order chi connectivity index (χ0) is 14.4. The van der Waals surface area contributed by atoms with Gasteiger partial charge in [-0.1, -0.05) is 37.3 Å². The van der Waals surface area contributed by atoms with E-state index < -0.39 is 0 Å². The zero-order valence-corrected chi connectivity index (χ0v) is 12.7. The molecule has 0 fully saturated rings. The molecule has 1 unspecified atom stereocenters. The van der Waals surface area contributed by atoms with Gasteiger partial charge in [0.2, 0.25) is 0 Å². The smallest absolute Gasteiger partial charge is 0.309 e. The highest BCUT2D eigenvalue weighted by Crippen LogP contribution is 2.27. The van der Waals surface area contributed by atoms with Crippen LogP contribution >= 0.6 is 11.3 Å². The number of carbonyl (C=O) groups is 1. The second-order valence-electron chi connectivity index (χ2n) is 4.56. The van der Waals surface area contributed by atoms with Crippen LogP contribution < -0.4 is 0 Å². The van der Waals surface area contributed by atoms with E-state index in [9.17, 15) is 4.79 Å². The van der Waals surface area contributed by atoms with Gasteiger partial charge in [-0.3, -0.25) is 4.79 Å². The Hall–Kier alpha value is -1.68. The van der Waals surface area contributed by atoms with Crippen molar-refractivity contribution in [3.8, 4) is 10.6 Å². The van der Waals surface area contributed by atoms with Crippen molar-refractivity contribution >= 4 is 17.3 Å². The maximum absolute atomic E-state index is 11.8. The van der Waals surface area contributed by atoms with Gasteiger partial charge in [0.1, 0.15) is 5.01 Å². The fourth-order valence-corrected chi connectivity index (χ4v) is 3.01. The van der Waals surface area contributed by atoms with Crippen molar-refractivity contribution in [3.05, 3.63) is 41.4 Å². The van der Waals surface area contributed by atoms with E-state index in [1.165, 1.54) is 0 Å². The van der Waals surface area contributed by atoms with Crippen LogP contribution in [-0.2, 0) is 16.0 Å². The molecule has 1 atom stereocenters. The molecule has 0 spiro atoms. The topological polar surface area (TPSA) is 39.2 Å². The number of hydrogen-bond acceptors (Lipinski definition) is 4. The summed E-state index contributed by atoms with van der Waals surface area (Å²) >= 11 is 1.65. The molecule has 20 heavy (non-hydrogen) atoms. The number of ether oxygens (including phenoxy) is 1. The lowest BCUT2D eigenvalue weighted by atomic mass is 10.0. The predicted molar refractivity (Wildman–Crippen MR) is 81.7 cm³/mol. The first kappa shape index (κ1) is 14.7. The average molecular weight is 289 g/mol. The normalized spacial score (nSPS) is 12.1. The summed E-state index contributed by atoms with van der Waals surface area (Å²) in [4.78, 5) is 17.4. The molecule has 0 radical (unpaired) electrons. The van der Waals surface area contributed by atoms with Gasteiger partial charge in [0, 0.05) is 16.6 Å². The van der Waals surface area contributed by atoms with Crippen LogP contribution in [0.15, 0.2) is 36.5 Å². The van der Waals surface area contributed by atoms with E-state index in [-0.39, 0.29) is 11.9 Å². The highest BCUT2D eigenvalue weighted by atomic mass is 32.1. The third-order valence-electron chi connectivity index (χ3n) is 3.13. The Bertz CT molecular complexity index is 551. The minimum absolute atomic E-state index is 0.0703. The Kier molecular flexibility index (Phi) is 5.30. The van der Waals surface area contributed by atoms with Crippen LogP contribution in [0.3, 0.4) is 0 Å². The number of carbonyl (C=O) groups excluding carboxylic acids is 1. The maximum Gasteiger partial charge on any atom is 0.309 e. The van der Waals surface area contributed by atoms with E-state index in [4.69, 9.17) is 4.74 Å². The lowest BCUT2D eigenvalue weighted by molar-refractivity contribution is -0.148. The fourth-order valence-electron chi connectivity index (χ4n) is 2.01. The predicted octanol–water partition coefficient (Wildman–Crippen LogP) is 3.94. The van der Waals surface area contributed by atoms with E-state index >= 15 is 0 Å². The van der Waals surface area contributed by atoms with Gasteiger partial charge in [0.15, 0.2) is 0 Å². The Labute approximate surface area is 123 Å². The summed E-state index contributed by atoms with van der Waals surface area (Å²) < 4.78 is 5.10. The number of rotatable bonds is 6. The quantitative estimate of drug-likeness (QED) is 0.756. The summed E-state index contributed by atoms with van der Waals surface area (Å²) in [6.07, 6.45) is 3.37. The number of benzene rings is 1. The minimum atomic E-state index is -0.107. The van der Waals surface area contributed by atoms with E-state index in [0.717, 1.165) is 21.9 Å². The van der Waals surface area contributed by atoms with Crippen molar-refractivity contribution < 1.29 is 9.53 Å². The van der Waals surface area contributed by atoms with Crippen molar-refractivity contribution in [1.82, 2.24) is 4.98 Å². The molecule has 0 aliphatic heterocycles. The number of hydrogen-bond donors (Lipinski definition) is 0. The summed E-state index contributed by atoms with van der Waals surface area (Å²) in [5, 5.41) is 0.999. The molecule has 3 nitrogen and oxygen atoms in total. The summed E-state index contributed by atoms with van der Waals surface area (Å²) in [7, 11) is 0. The molecule has 106 valence electrons. The molecule has 0 aliphatic carbocycles. The third kappa shape index (κ3) is 3.67. The molecular weight excluding hydrogens is 270 g/mol. The maximum atomic E-state index is 11.8. The molecule has 0 aliphatic rings. The standard InChI is InChI=1S/C16H19NO2S/c1-3-12(16(18)19-4-2)10-14-11-17-15(20-14)13-8-6-5-7-9-13/h5-9,11-12H,3-4,10H2,1-2H3. The van der Waals surface area contributed by atoms with Crippen molar-refractivity contribution in [1.29, 1.82) is 0 Å². The Morgan fingerprint density at radius 1 is 1.30 bits per heavy atom. The van der Waals surface area contributed by atoms with Crippen molar-refractivity contribution in [3.63, 3.8) is 0 Å². The lowest BCUT2D eigenvalue weighted by Crippen LogP contribution is -2.18. The summed E-state index contributed by atoms with van der Waals surface area (Å²) in [5.74, 6) is -0.177. The van der Waals surface area contributed by atoms with Crippen LogP contribution in [0.5, 0.6) is 0 Å². The van der Waals surface area contributed by atoms with E-state index in [2.05, 4.69) is 4.98 Å². The largest absolute Gasteiger partial charge is 0.466 e. The molecule has 2 rings (SSSR count). The highest BCUT2D eigenvalue weighted by Gasteiger charge is 2.19. The van der Waals surface area contributed by atoms with Gasteiger partial charge in [0.25, 0.3) is 0 Å². The van der Waals surface area contributed by atoms with Crippen LogP contribution in [0.1, 0.15) is 25.1 Å². The van der Waals surface area contributed by atoms with Gasteiger partial charge >= 0.3 is 5.97 Å². The van der Waals surface area contributed by atoms with Crippen LogP contribution in [0.25, 0.3) is 10.6 Å². The van der Waals surface area contributed by atoms with Crippen molar-refractivity contribution in [2.24, 2.45) is 5.92 Å². The van der Waals surface area contributed by atoms with E-state index in [1.54, 1.807) is 11.3 Å². The first-order valence-electron chi connectivity index (χ1n) is 6.91. The second-order valence-corrected chi connectivity index (χ2v) is 5.67. The number of thiazole rings is 1. The van der Waals surface area contributed by atoms with Gasteiger partial charge in [-0.15, -0.1) is 11.3 Å². The summed E-state index contributed by atoms with van der Waals surface area (Å²) in [6, 6.07) is 10.1. The summed E-state index contributed by atoms with van der Waals surface area (Å²) in [5.41, 5.74) is 1.12. The number of esters is 1. The zero-order valence-electron chi connectivity index (χ0n) is 11.8. The molecule has 2 aromatic rings. The molecule has 0 saturated heterocycles. The molecule has 0 N–H and O–H groups in total. The molecule has 4 heteroatoms. The Morgan fingerprint density at radius 2 is 2.05 bits per heavy atom. The monoisotopic (exact) mass is 289 g/mol. The lowest BCUT2D eigenvalue weighted by Gasteiger charge is -2.11. The van der Waals surface area contributed by atoms with Crippen molar-refractivity contribution in [2.45, 2.75) is 26.7 Å². The SMILES string of the molecule is CCOC(=O)C(CC)Cc1cnc(-c2ccccc2)s1. The van der Waals surface area contributed by atoms with Crippen LogP contribution in [0.4, 0.5) is 0 Å². The molecule has 0 bridgehead atoms. The first-order chi connectivity index (χ1) is 9.74. The van der Waals surface area contributed by atoms with Crippen LogP contribution in [0.2, 0.25) is 0 Å².